The van der Waals surface area contributed by atoms with Gasteiger partial charge in [0.05, 0.1) is 11.8 Å². The lowest BCUT2D eigenvalue weighted by molar-refractivity contribution is -0.139. The second-order valence-corrected chi connectivity index (χ2v) is 6.30. The van der Waals surface area contributed by atoms with Gasteiger partial charge in [0.25, 0.3) is 0 Å². The zero-order chi connectivity index (χ0) is 18.0. The van der Waals surface area contributed by atoms with Crippen molar-refractivity contribution in [3.63, 3.8) is 0 Å². The summed E-state index contributed by atoms with van der Waals surface area (Å²) < 4.78 is 59.2. The lowest BCUT2D eigenvalue weighted by Crippen LogP contribution is -2.23. The molecule has 1 aromatic heterocycles. The van der Waals surface area contributed by atoms with Gasteiger partial charge in [-0.3, -0.25) is 4.98 Å². The number of alkyl halides is 3. The van der Waals surface area contributed by atoms with E-state index in [2.05, 4.69) is 10.3 Å². The maximum atomic E-state index is 13.5. The summed E-state index contributed by atoms with van der Waals surface area (Å²) in [5, 5.41) is 3.10. The molecule has 3 rings (SSSR count). The molecule has 2 unspecified atom stereocenters. The zero-order valence-corrected chi connectivity index (χ0v) is 13.7. The van der Waals surface area contributed by atoms with Gasteiger partial charge in [0.1, 0.15) is 17.7 Å². The van der Waals surface area contributed by atoms with Gasteiger partial charge in [-0.05, 0) is 37.2 Å². The smallest absolute Gasteiger partial charge is 0.420 e. The van der Waals surface area contributed by atoms with Crippen LogP contribution in [0.15, 0.2) is 36.7 Å². The average molecular weight is 375 g/mol. The Bertz CT molecular complexity index is 748. The van der Waals surface area contributed by atoms with Gasteiger partial charge in [-0.15, -0.1) is 0 Å². The molecule has 2 atom stereocenters. The number of benzene rings is 1. The van der Waals surface area contributed by atoms with Gasteiger partial charge in [-0.1, -0.05) is 11.6 Å². The minimum Gasteiger partial charge on any atom is -0.485 e. The number of nitrogens with one attached hydrogen (secondary N) is 1. The molecule has 1 aliphatic rings. The number of rotatable bonds is 4. The molecule has 1 fully saturated rings. The molecule has 25 heavy (non-hydrogen) atoms. The van der Waals surface area contributed by atoms with E-state index in [4.69, 9.17) is 16.3 Å². The molecule has 0 bridgehead atoms. The number of ether oxygens (including phenoxy) is 1. The maximum absolute atomic E-state index is 13.5. The first-order chi connectivity index (χ1) is 11.8. The van der Waals surface area contributed by atoms with Crippen molar-refractivity contribution in [1.29, 1.82) is 0 Å². The molecule has 3 nitrogen and oxygen atoms in total. The van der Waals surface area contributed by atoms with Crippen LogP contribution < -0.4 is 10.1 Å². The van der Waals surface area contributed by atoms with Crippen molar-refractivity contribution in [2.75, 3.05) is 13.1 Å². The summed E-state index contributed by atoms with van der Waals surface area (Å²) in [4.78, 5) is 3.78. The molecule has 0 aliphatic carbocycles. The lowest BCUT2D eigenvalue weighted by Gasteiger charge is -2.26. The molecular formula is C17H15ClF4N2O. The Labute approximate surface area is 147 Å². The topological polar surface area (TPSA) is 34.1 Å². The molecule has 0 radical (unpaired) electrons. The fourth-order valence-electron chi connectivity index (χ4n) is 2.92. The number of nitrogens with zero attached hydrogens (tertiary/aromatic N) is 1. The second-order valence-electron chi connectivity index (χ2n) is 5.87. The third-order valence-electron chi connectivity index (χ3n) is 4.08. The van der Waals surface area contributed by atoms with E-state index >= 15 is 0 Å². The molecular weight excluding hydrogens is 360 g/mol. The Hall–Kier alpha value is -1.86. The number of hydrogen-bond donors (Lipinski definition) is 1. The molecule has 1 aliphatic heterocycles. The van der Waals surface area contributed by atoms with Crippen molar-refractivity contribution in [3.05, 3.63) is 58.6 Å². The van der Waals surface area contributed by atoms with Crippen LogP contribution in [0.3, 0.4) is 0 Å². The maximum Gasteiger partial charge on any atom is 0.420 e. The van der Waals surface area contributed by atoms with Crippen LogP contribution in [-0.4, -0.2) is 18.1 Å². The van der Waals surface area contributed by atoms with Crippen molar-refractivity contribution in [3.8, 4) is 5.75 Å². The minimum atomic E-state index is -4.61. The first-order valence-corrected chi connectivity index (χ1v) is 8.07. The van der Waals surface area contributed by atoms with E-state index in [9.17, 15) is 17.6 Å². The standard InChI is InChI=1S/C17H15ClF4N2O/c18-12-1-2-15(14(6-12)17(20,21)22)25-16(10-3-4-23-7-10)11-5-13(19)9-24-8-11/h1-2,5-6,8-10,16,23H,3-4,7H2. The Morgan fingerprint density at radius 2 is 2.04 bits per heavy atom. The SMILES string of the molecule is Fc1cncc(C(Oc2ccc(Cl)cc2C(F)(F)F)C2CCNC2)c1. The molecule has 1 aromatic carbocycles. The predicted molar refractivity (Wildman–Crippen MR) is 85.0 cm³/mol. The van der Waals surface area contributed by atoms with E-state index in [0.29, 0.717) is 18.5 Å². The van der Waals surface area contributed by atoms with Crippen LogP contribution in [0.4, 0.5) is 17.6 Å². The molecule has 0 saturated carbocycles. The van der Waals surface area contributed by atoms with E-state index in [1.165, 1.54) is 24.4 Å². The van der Waals surface area contributed by atoms with Crippen LogP contribution in [-0.2, 0) is 6.18 Å². The summed E-state index contributed by atoms with van der Waals surface area (Å²) in [6.45, 7) is 1.29. The number of halogens is 5. The Balaban J connectivity index is 1.99. The third-order valence-corrected chi connectivity index (χ3v) is 4.32. The molecule has 1 N–H and O–H groups in total. The van der Waals surface area contributed by atoms with Gasteiger partial charge in [-0.25, -0.2) is 4.39 Å². The fourth-order valence-corrected chi connectivity index (χ4v) is 3.09. The van der Waals surface area contributed by atoms with E-state index in [1.54, 1.807) is 0 Å². The summed E-state index contributed by atoms with van der Waals surface area (Å²) in [6.07, 6.45) is -2.21. The Morgan fingerprint density at radius 1 is 1.24 bits per heavy atom. The normalized spacial score (nSPS) is 19.0. The Morgan fingerprint density at radius 3 is 2.68 bits per heavy atom. The average Bonchev–Trinajstić information content (AvgIpc) is 3.07. The highest BCUT2D eigenvalue weighted by Gasteiger charge is 2.37. The van der Waals surface area contributed by atoms with Crippen molar-refractivity contribution in [2.45, 2.75) is 18.7 Å². The highest BCUT2D eigenvalue weighted by Crippen LogP contribution is 2.41. The van der Waals surface area contributed by atoms with Crippen LogP contribution in [0.1, 0.15) is 23.7 Å². The molecule has 8 heteroatoms. The van der Waals surface area contributed by atoms with Crippen molar-refractivity contribution < 1.29 is 22.3 Å². The first-order valence-electron chi connectivity index (χ1n) is 7.69. The van der Waals surface area contributed by atoms with Crippen LogP contribution in [0.5, 0.6) is 5.75 Å². The fraction of sp³-hybridized carbons (Fsp3) is 0.353. The highest BCUT2D eigenvalue weighted by molar-refractivity contribution is 6.30. The number of hydrogen-bond acceptors (Lipinski definition) is 3. The Kier molecular flexibility index (Phi) is 5.15. The highest BCUT2D eigenvalue weighted by atomic mass is 35.5. The predicted octanol–water partition coefficient (Wildman–Crippen LogP) is 4.62. The van der Waals surface area contributed by atoms with E-state index in [-0.39, 0.29) is 16.7 Å². The molecule has 2 heterocycles. The summed E-state index contributed by atoms with van der Waals surface area (Å²) >= 11 is 5.70. The van der Waals surface area contributed by atoms with Gasteiger partial charge in [0, 0.05) is 29.2 Å². The van der Waals surface area contributed by atoms with Gasteiger partial charge in [0.2, 0.25) is 0 Å². The third kappa shape index (κ3) is 4.22. The summed E-state index contributed by atoms with van der Waals surface area (Å²) in [5.74, 6) is -0.998. The lowest BCUT2D eigenvalue weighted by atomic mass is 9.95. The largest absolute Gasteiger partial charge is 0.485 e. The molecule has 0 amide bonds. The van der Waals surface area contributed by atoms with Gasteiger partial charge in [0.15, 0.2) is 0 Å². The number of aromatic nitrogens is 1. The van der Waals surface area contributed by atoms with Crippen molar-refractivity contribution in [2.24, 2.45) is 5.92 Å². The minimum absolute atomic E-state index is 0.0359. The zero-order valence-electron chi connectivity index (χ0n) is 13.0. The first kappa shape index (κ1) is 17.9. The van der Waals surface area contributed by atoms with Crippen LogP contribution in [0.2, 0.25) is 5.02 Å². The van der Waals surface area contributed by atoms with E-state index in [1.807, 2.05) is 0 Å². The number of pyridine rings is 1. The molecule has 2 aromatic rings. The van der Waals surface area contributed by atoms with E-state index < -0.39 is 23.7 Å². The molecule has 1 saturated heterocycles. The van der Waals surface area contributed by atoms with Gasteiger partial charge in [-0.2, -0.15) is 13.2 Å². The van der Waals surface area contributed by atoms with Crippen LogP contribution >= 0.6 is 11.6 Å². The van der Waals surface area contributed by atoms with Crippen molar-refractivity contribution >= 4 is 11.6 Å². The molecule has 0 spiro atoms. The van der Waals surface area contributed by atoms with Crippen LogP contribution in [0.25, 0.3) is 0 Å². The summed E-state index contributed by atoms with van der Waals surface area (Å²) in [7, 11) is 0. The van der Waals surface area contributed by atoms with Crippen LogP contribution in [0, 0.1) is 11.7 Å². The molecule has 134 valence electrons. The second kappa shape index (κ2) is 7.17. The summed E-state index contributed by atoms with van der Waals surface area (Å²) in [6, 6.07) is 4.58. The monoisotopic (exact) mass is 374 g/mol. The van der Waals surface area contributed by atoms with Gasteiger partial charge >= 0.3 is 6.18 Å². The van der Waals surface area contributed by atoms with Crippen molar-refractivity contribution in [1.82, 2.24) is 10.3 Å². The summed E-state index contributed by atoms with van der Waals surface area (Å²) in [5.41, 5.74) is -0.558. The quantitative estimate of drug-likeness (QED) is 0.793. The van der Waals surface area contributed by atoms with Gasteiger partial charge < -0.3 is 10.1 Å². The van der Waals surface area contributed by atoms with E-state index in [0.717, 1.165) is 18.8 Å².